The molecule has 4 nitrogen and oxygen atoms in total. The van der Waals surface area contributed by atoms with E-state index >= 15 is 0 Å². The number of nitrogens with zero attached hydrogens (tertiary/aromatic N) is 4. The number of hydrogen-bond acceptors (Lipinski definition) is 4. The lowest BCUT2D eigenvalue weighted by Gasteiger charge is -2.22. The van der Waals surface area contributed by atoms with Crippen LogP contribution in [0.15, 0.2) is 132 Å². The van der Waals surface area contributed by atoms with Gasteiger partial charge >= 0.3 is 0 Å². The standard InChI is InChI=1S/C45H30N4S/c1-45(2)34-20-11-9-16-29(34)30-24-23-28(26-35(30)45)40-33-19-10-12-21-36(33)47-44(48-40)49-37-22-13-25-46-41(37)39-32-18-8-7-17-31(32)38(43(50)42(39)49)27-14-5-3-4-6-15-27/h3,5,7-14,16-26,50H,4H2,1-2H3. The van der Waals surface area contributed by atoms with Crippen LogP contribution in [0.3, 0.4) is 0 Å². The van der Waals surface area contributed by atoms with Crippen molar-refractivity contribution < 1.29 is 0 Å². The highest BCUT2D eigenvalue weighted by Gasteiger charge is 2.35. The van der Waals surface area contributed by atoms with Gasteiger partial charge in [0.15, 0.2) is 0 Å². The summed E-state index contributed by atoms with van der Waals surface area (Å²) in [6.07, 6.45) is 8.82. The second kappa shape index (κ2) is 10.8. The van der Waals surface area contributed by atoms with Gasteiger partial charge in [0, 0.05) is 50.4 Å². The van der Waals surface area contributed by atoms with E-state index < -0.39 is 0 Å². The van der Waals surface area contributed by atoms with Crippen molar-refractivity contribution in [2.24, 2.45) is 0 Å². The van der Waals surface area contributed by atoms with E-state index in [0.29, 0.717) is 12.4 Å². The minimum absolute atomic E-state index is 0.130. The second-order valence-corrected chi connectivity index (χ2v) is 14.0. The summed E-state index contributed by atoms with van der Waals surface area (Å²) in [5.41, 5.74) is 12.6. The summed E-state index contributed by atoms with van der Waals surface area (Å²) in [4.78, 5) is 16.5. The Kier molecular flexibility index (Phi) is 6.25. The van der Waals surface area contributed by atoms with E-state index in [2.05, 4.69) is 139 Å². The normalized spacial score (nSPS) is 14.4. The van der Waals surface area contributed by atoms with Crippen molar-refractivity contribution >= 4 is 61.8 Å². The zero-order chi connectivity index (χ0) is 33.6. The molecule has 0 saturated heterocycles. The smallest absolute Gasteiger partial charge is 0.235 e. The van der Waals surface area contributed by atoms with E-state index in [1.54, 1.807) is 0 Å². The van der Waals surface area contributed by atoms with Crippen molar-refractivity contribution in [2.45, 2.75) is 30.6 Å². The van der Waals surface area contributed by atoms with Crippen LogP contribution in [0.2, 0.25) is 0 Å². The summed E-state index contributed by atoms with van der Waals surface area (Å²) in [7, 11) is 0. The largest absolute Gasteiger partial charge is 0.275 e. The van der Waals surface area contributed by atoms with Crippen molar-refractivity contribution in [3.8, 4) is 40.2 Å². The molecule has 0 fully saturated rings. The lowest BCUT2D eigenvalue weighted by atomic mass is 9.82. The minimum Gasteiger partial charge on any atom is -0.275 e. The Morgan fingerprint density at radius 2 is 1.56 bits per heavy atom. The van der Waals surface area contributed by atoms with Crippen molar-refractivity contribution in [1.82, 2.24) is 19.5 Å². The van der Waals surface area contributed by atoms with Crippen LogP contribution in [0.5, 0.6) is 0 Å². The molecule has 2 aliphatic carbocycles. The molecule has 8 aromatic rings. The fourth-order valence-corrected chi connectivity index (χ4v) is 8.55. The molecule has 236 valence electrons. The number of para-hydroxylation sites is 1. The summed E-state index contributed by atoms with van der Waals surface area (Å²) in [6, 6.07) is 36.4. The Morgan fingerprint density at radius 3 is 2.46 bits per heavy atom. The van der Waals surface area contributed by atoms with Gasteiger partial charge in [0.05, 0.1) is 27.8 Å². The van der Waals surface area contributed by atoms with Crippen LogP contribution >= 0.6 is 12.6 Å². The van der Waals surface area contributed by atoms with Gasteiger partial charge < -0.3 is 0 Å². The summed E-state index contributed by atoms with van der Waals surface area (Å²) >= 11 is 5.34. The van der Waals surface area contributed by atoms with Gasteiger partial charge in [0.1, 0.15) is 0 Å². The SMILES string of the molecule is CC1(C)c2ccccc2-c2ccc(-c3nc(-n4c5cccnc5c5c6ccccc6c(C6=CC=CCC#C6)c(S)c54)nc4ccccc34)cc21. The van der Waals surface area contributed by atoms with Crippen LogP contribution in [0, 0.1) is 11.8 Å². The molecule has 0 saturated carbocycles. The van der Waals surface area contributed by atoms with E-state index in [1.165, 1.54) is 22.3 Å². The van der Waals surface area contributed by atoms with Crippen molar-refractivity contribution in [3.63, 3.8) is 0 Å². The van der Waals surface area contributed by atoms with Crippen molar-refractivity contribution in [2.75, 3.05) is 0 Å². The predicted molar refractivity (Wildman–Crippen MR) is 209 cm³/mol. The third-order valence-electron chi connectivity index (χ3n) is 10.4. The summed E-state index contributed by atoms with van der Waals surface area (Å²) < 4.78 is 2.15. The van der Waals surface area contributed by atoms with E-state index in [4.69, 9.17) is 27.6 Å². The van der Waals surface area contributed by atoms with Crippen LogP contribution < -0.4 is 0 Å². The van der Waals surface area contributed by atoms with Gasteiger partial charge in [-0.1, -0.05) is 117 Å². The van der Waals surface area contributed by atoms with Crippen molar-refractivity contribution in [3.05, 3.63) is 144 Å². The number of fused-ring (bicyclic) bond motifs is 9. The van der Waals surface area contributed by atoms with E-state index in [-0.39, 0.29) is 5.41 Å². The Balaban J connectivity index is 1.30. The van der Waals surface area contributed by atoms with Crippen LogP contribution in [0.25, 0.3) is 77.5 Å². The maximum absolute atomic E-state index is 5.45. The molecule has 0 radical (unpaired) electrons. The third kappa shape index (κ3) is 4.06. The first-order valence-corrected chi connectivity index (χ1v) is 17.4. The lowest BCUT2D eigenvalue weighted by molar-refractivity contribution is 0.660. The molecule has 3 heterocycles. The maximum atomic E-state index is 5.45. The molecule has 0 N–H and O–H groups in total. The van der Waals surface area contributed by atoms with Crippen LogP contribution in [0.1, 0.15) is 37.0 Å². The molecule has 0 unspecified atom stereocenters. The van der Waals surface area contributed by atoms with Crippen LogP contribution in [-0.2, 0) is 5.41 Å². The Labute approximate surface area is 295 Å². The lowest BCUT2D eigenvalue weighted by Crippen LogP contribution is -2.15. The van der Waals surface area contributed by atoms with Gasteiger partial charge in [-0.15, -0.1) is 12.6 Å². The fourth-order valence-electron chi connectivity index (χ4n) is 8.10. The topological polar surface area (TPSA) is 43.6 Å². The quantitative estimate of drug-likeness (QED) is 0.152. The fraction of sp³-hybridized carbons (Fsp3) is 0.0889. The highest BCUT2D eigenvalue weighted by molar-refractivity contribution is 7.80. The molecule has 2 aliphatic rings. The van der Waals surface area contributed by atoms with Crippen LogP contribution in [0.4, 0.5) is 0 Å². The molecule has 0 spiro atoms. The highest BCUT2D eigenvalue weighted by Crippen LogP contribution is 2.50. The number of thiol groups is 1. The third-order valence-corrected chi connectivity index (χ3v) is 10.8. The highest BCUT2D eigenvalue weighted by atomic mass is 32.1. The Hall–Kier alpha value is -5.96. The molecule has 0 atom stereocenters. The number of allylic oxidation sites excluding steroid dienone is 4. The Morgan fingerprint density at radius 1 is 0.780 bits per heavy atom. The van der Waals surface area contributed by atoms with Gasteiger partial charge in [0.2, 0.25) is 5.95 Å². The molecule has 3 aromatic heterocycles. The maximum Gasteiger partial charge on any atom is 0.235 e. The first-order chi connectivity index (χ1) is 24.5. The van der Waals surface area contributed by atoms with Crippen molar-refractivity contribution in [1.29, 1.82) is 0 Å². The minimum atomic E-state index is -0.130. The second-order valence-electron chi connectivity index (χ2n) is 13.5. The van der Waals surface area contributed by atoms with Gasteiger partial charge in [0.25, 0.3) is 0 Å². The van der Waals surface area contributed by atoms with Gasteiger partial charge in [-0.25, -0.2) is 9.97 Å². The van der Waals surface area contributed by atoms with Crippen LogP contribution in [-0.4, -0.2) is 19.5 Å². The summed E-state index contributed by atoms with van der Waals surface area (Å²) in [6.45, 7) is 4.63. The zero-order valence-corrected chi connectivity index (χ0v) is 28.5. The molecule has 5 aromatic carbocycles. The van der Waals surface area contributed by atoms with Gasteiger partial charge in [-0.3, -0.25) is 9.55 Å². The molecule has 10 rings (SSSR count). The molecule has 5 heteroatoms. The molecule has 0 amide bonds. The van der Waals surface area contributed by atoms with Gasteiger partial charge in [-0.2, -0.15) is 0 Å². The number of pyridine rings is 1. The molecular weight excluding hydrogens is 629 g/mol. The number of benzene rings is 5. The monoisotopic (exact) mass is 658 g/mol. The van der Waals surface area contributed by atoms with E-state index in [0.717, 1.165) is 70.9 Å². The molecular formula is C45H30N4S. The summed E-state index contributed by atoms with van der Waals surface area (Å²) in [5, 5.41) is 4.21. The number of aromatic nitrogens is 4. The van der Waals surface area contributed by atoms with Gasteiger partial charge in [-0.05, 0) is 63.4 Å². The molecule has 0 bridgehead atoms. The average Bonchev–Trinajstić information content (AvgIpc) is 3.44. The molecule has 0 aliphatic heterocycles. The summed E-state index contributed by atoms with van der Waals surface area (Å²) in [5.74, 6) is 7.30. The van der Waals surface area contributed by atoms with E-state index in [1.807, 2.05) is 18.3 Å². The first-order valence-electron chi connectivity index (χ1n) is 16.9. The number of rotatable bonds is 3. The molecule has 50 heavy (non-hydrogen) atoms. The predicted octanol–water partition coefficient (Wildman–Crippen LogP) is 10.9. The van der Waals surface area contributed by atoms with E-state index in [9.17, 15) is 0 Å². The Bertz CT molecular complexity index is 2900. The average molecular weight is 659 g/mol. The zero-order valence-electron chi connectivity index (χ0n) is 27.6. The first kappa shape index (κ1) is 29.0. The number of hydrogen-bond donors (Lipinski definition) is 1.